The van der Waals surface area contributed by atoms with E-state index in [1.807, 2.05) is 31.9 Å². The van der Waals surface area contributed by atoms with E-state index in [1.54, 1.807) is 13.3 Å². The molecule has 0 amide bonds. The summed E-state index contributed by atoms with van der Waals surface area (Å²) in [6.07, 6.45) is 2.92. The number of halogens is 1. The molecule has 0 aromatic carbocycles. The van der Waals surface area contributed by atoms with Crippen molar-refractivity contribution < 1.29 is 9.53 Å². The van der Waals surface area contributed by atoms with Gasteiger partial charge in [-0.05, 0) is 56.1 Å². The zero-order valence-electron chi connectivity index (χ0n) is 13.9. The maximum absolute atomic E-state index is 11.0. The van der Waals surface area contributed by atoms with Gasteiger partial charge in [0.05, 0.1) is 28.3 Å². The second-order valence-corrected chi connectivity index (χ2v) is 6.22. The molecule has 5 nitrogen and oxygen atoms in total. The molecule has 22 heavy (non-hydrogen) atoms. The Hall–Kier alpha value is -1.43. The Morgan fingerprint density at radius 1 is 1.59 bits per heavy atom. The van der Waals surface area contributed by atoms with Crippen LogP contribution in [0.3, 0.4) is 0 Å². The van der Waals surface area contributed by atoms with E-state index in [1.165, 1.54) is 0 Å². The van der Waals surface area contributed by atoms with Crippen LogP contribution in [-0.4, -0.2) is 41.7 Å². The Morgan fingerprint density at radius 3 is 2.86 bits per heavy atom. The van der Waals surface area contributed by atoms with Crippen LogP contribution in [0.2, 0.25) is 0 Å². The average molecular weight is 370 g/mol. The molecule has 6 heteroatoms. The van der Waals surface area contributed by atoms with Gasteiger partial charge < -0.3 is 14.4 Å². The molecule has 1 rings (SSSR count). The molecule has 1 heterocycles. The highest BCUT2D eigenvalue weighted by molar-refractivity contribution is 9.10. The summed E-state index contributed by atoms with van der Waals surface area (Å²) in [4.78, 5) is 21.9. The summed E-state index contributed by atoms with van der Waals surface area (Å²) in [6, 6.07) is 1.90. The van der Waals surface area contributed by atoms with Gasteiger partial charge in [0.1, 0.15) is 5.78 Å². The molecule has 1 atom stereocenters. The topological polar surface area (TPSA) is 54.8 Å². The van der Waals surface area contributed by atoms with Gasteiger partial charge in [0.25, 0.3) is 0 Å². The molecule has 0 bridgehead atoms. The number of nitrogens with zero attached hydrogens (tertiary/aromatic N) is 3. The number of hydrogen-bond donors (Lipinski definition) is 0. The summed E-state index contributed by atoms with van der Waals surface area (Å²) in [5.41, 5.74) is 1.61. The minimum absolute atomic E-state index is 0.0623. The van der Waals surface area contributed by atoms with Crippen molar-refractivity contribution >= 4 is 33.7 Å². The molecule has 1 aromatic rings. The molecule has 0 aliphatic carbocycles. The number of rotatable bonds is 8. The molecule has 0 aliphatic rings. The molecular formula is C16H24BrN3O2. The number of Topliss-reactive ketones (excluding diaryl/α,β-unsaturated/α-hetero) is 1. The standard InChI is InChI=1S/C16H24BrN3O2/c1-6-20(5)10-18-15-9-14(17)16(19-13(15)4)22-12(3)8-7-11(2)21/h9-10,12H,6-8H2,1-5H3/b18-10+. The van der Waals surface area contributed by atoms with Crippen molar-refractivity contribution in [1.82, 2.24) is 9.88 Å². The van der Waals surface area contributed by atoms with Crippen molar-refractivity contribution in [2.45, 2.75) is 46.6 Å². The third-order valence-electron chi connectivity index (χ3n) is 3.22. The van der Waals surface area contributed by atoms with Crippen LogP contribution in [0, 0.1) is 6.92 Å². The highest BCUT2D eigenvalue weighted by atomic mass is 79.9. The summed E-state index contributed by atoms with van der Waals surface area (Å²) >= 11 is 3.47. The van der Waals surface area contributed by atoms with Crippen LogP contribution >= 0.6 is 15.9 Å². The average Bonchev–Trinajstić information content (AvgIpc) is 2.46. The number of aliphatic imine (C=N–C) groups is 1. The monoisotopic (exact) mass is 369 g/mol. The van der Waals surface area contributed by atoms with Crippen molar-refractivity contribution in [1.29, 1.82) is 0 Å². The van der Waals surface area contributed by atoms with E-state index in [0.717, 1.165) is 22.4 Å². The maximum Gasteiger partial charge on any atom is 0.228 e. The van der Waals surface area contributed by atoms with Crippen LogP contribution in [0.1, 0.15) is 39.3 Å². The lowest BCUT2D eigenvalue weighted by molar-refractivity contribution is -0.117. The number of pyridine rings is 1. The molecule has 1 aromatic heterocycles. The van der Waals surface area contributed by atoms with Gasteiger partial charge >= 0.3 is 0 Å². The number of carbonyl (C=O) groups is 1. The van der Waals surface area contributed by atoms with Gasteiger partial charge in [-0.25, -0.2) is 9.98 Å². The predicted molar refractivity (Wildman–Crippen MR) is 93.1 cm³/mol. The lowest BCUT2D eigenvalue weighted by atomic mass is 10.2. The SMILES string of the molecule is CCN(C)/C=N/c1cc(Br)c(OC(C)CCC(C)=O)nc1C. The van der Waals surface area contributed by atoms with Gasteiger partial charge in [-0.1, -0.05) is 0 Å². The Balaban J connectivity index is 2.81. The van der Waals surface area contributed by atoms with Gasteiger partial charge in [0.15, 0.2) is 0 Å². The summed E-state index contributed by atoms with van der Waals surface area (Å²) in [5.74, 6) is 0.708. The molecule has 0 aliphatic heterocycles. The van der Waals surface area contributed by atoms with Crippen molar-refractivity contribution in [2.24, 2.45) is 4.99 Å². The van der Waals surface area contributed by atoms with Crippen LogP contribution in [0.4, 0.5) is 5.69 Å². The largest absolute Gasteiger partial charge is 0.474 e. The van der Waals surface area contributed by atoms with E-state index in [-0.39, 0.29) is 11.9 Å². The van der Waals surface area contributed by atoms with E-state index >= 15 is 0 Å². The van der Waals surface area contributed by atoms with Gasteiger partial charge in [-0.3, -0.25) is 0 Å². The third-order valence-corrected chi connectivity index (χ3v) is 3.78. The number of hydrogen-bond acceptors (Lipinski definition) is 4. The Kier molecular flexibility index (Phi) is 7.51. The van der Waals surface area contributed by atoms with Gasteiger partial charge in [0, 0.05) is 20.0 Å². The van der Waals surface area contributed by atoms with Crippen LogP contribution in [0.25, 0.3) is 0 Å². The number of ketones is 1. The lowest BCUT2D eigenvalue weighted by Gasteiger charge is -2.15. The van der Waals surface area contributed by atoms with Crippen LogP contribution < -0.4 is 4.74 Å². The Labute approximate surface area is 140 Å². The first-order valence-corrected chi connectivity index (χ1v) is 8.20. The first-order valence-electron chi connectivity index (χ1n) is 7.41. The van der Waals surface area contributed by atoms with Crippen molar-refractivity contribution in [3.05, 3.63) is 16.2 Å². The minimum Gasteiger partial charge on any atom is -0.474 e. The number of carbonyl (C=O) groups excluding carboxylic acids is 1. The lowest BCUT2D eigenvalue weighted by Crippen LogP contribution is -2.15. The number of ether oxygens (including phenoxy) is 1. The molecule has 0 spiro atoms. The normalized spacial score (nSPS) is 12.5. The summed E-state index contributed by atoms with van der Waals surface area (Å²) in [6.45, 7) is 8.39. The molecule has 1 unspecified atom stereocenters. The molecule has 0 saturated carbocycles. The van der Waals surface area contributed by atoms with E-state index in [0.29, 0.717) is 18.7 Å². The number of aryl methyl sites for hydroxylation is 1. The first-order chi connectivity index (χ1) is 10.3. The van der Waals surface area contributed by atoms with Crippen molar-refractivity contribution in [2.75, 3.05) is 13.6 Å². The van der Waals surface area contributed by atoms with Gasteiger partial charge in [-0.15, -0.1) is 0 Å². The van der Waals surface area contributed by atoms with Crippen LogP contribution in [0.15, 0.2) is 15.5 Å². The molecule has 0 saturated heterocycles. The highest BCUT2D eigenvalue weighted by Crippen LogP contribution is 2.30. The fourth-order valence-corrected chi connectivity index (χ4v) is 2.06. The van der Waals surface area contributed by atoms with Crippen molar-refractivity contribution in [3.8, 4) is 5.88 Å². The van der Waals surface area contributed by atoms with E-state index in [4.69, 9.17) is 4.74 Å². The minimum atomic E-state index is -0.0623. The third kappa shape index (κ3) is 6.13. The zero-order valence-corrected chi connectivity index (χ0v) is 15.5. The highest BCUT2D eigenvalue weighted by Gasteiger charge is 2.12. The predicted octanol–water partition coefficient (Wildman–Crippen LogP) is 3.90. The molecule has 0 N–H and O–H groups in total. The second kappa shape index (κ2) is 8.88. The van der Waals surface area contributed by atoms with Crippen LogP contribution in [-0.2, 0) is 4.79 Å². The Morgan fingerprint density at radius 2 is 2.27 bits per heavy atom. The fraction of sp³-hybridized carbons (Fsp3) is 0.562. The number of aromatic nitrogens is 1. The summed E-state index contributed by atoms with van der Waals surface area (Å²) < 4.78 is 6.57. The fourth-order valence-electron chi connectivity index (χ4n) is 1.66. The molecular weight excluding hydrogens is 346 g/mol. The van der Waals surface area contributed by atoms with E-state index in [9.17, 15) is 4.79 Å². The van der Waals surface area contributed by atoms with E-state index in [2.05, 4.69) is 32.8 Å². The van der Waals surface area contributed by atoms with Gasteiger partial charge in [0.2, 0.25) is 5.88 Å². The van der Waals surface area contributed by atoms with Gasteiger partial charge in [-0.2, -0.15) is 0 Å². The summed E-state index contributed by atoms with van der Waals surface area (Å²) in [5, 5.41) is 0. The quantitative estimate of drug-likeness (QED) is 0.515. The van der Waals surface area contributed by atoms with E-state index < -0.39 is 0 Å². The Bertz CT molecular complexity index is 546. The second-order valence-electron chi connectivity index (χ2n) is 5.37. The molecule has 0 radical (unpaired) electrons. The smallest absolute Gasteiger partial charge is 0.228 e. The van der Waals surface area contributed by atoms with Crippen LogP contribution in [0.5, 0.6) is 5.88 Å². The maximum atomic E-state index is 11.0. The summed E-state index contributed by atoms with van der Waals surface area (Å²) in [7, 11) is 1.97. The molecule has 0 fully saturated rings. The molecule has 122 valence electrons. The first kappa shape index (κ1) is 18.6. The van der Waals surface area contributed by atoms with Crippen molar-refractivity contribution in [3.63, 3.8) is 0 Å². The zero-order chi connectivity index (χ0) is 16.7.